The summed E-state index contributed by atoms with van der Waals surface area (Å²) < 4.78 is 16.2. The summed E-state index contributed by atoms with van der Waals surface area (Å²) in [5, 5.41) is 0. The second-order valence-electron chi connectivity index (χ2n) is 5.37. The van der Waals surface area contributed by atoms with Crippen LogP contribution in [0.5, 0.6) is 11.5 Å². The first-order valence-corrected chi connectivity index (χ1v) is 8.22. The van der Waals surface area contributed by atoms with E-state index in [1.807, 2.05) is 43.3 Å². The molecule has 2 rings (SSSR count). The number of aryl methyl sites for hydroxylation is 1. The molecule has 0 spiro atoms. The van der Waals surface area contributed by atoms with Crippen LogP contribution in [0, 0.1) is 0 Å². The molecule has 0 aromatic heterocycles. The van der Waals surface area contributed by atoms with Crippen molar-refractivity contribution in [3.8, 4) is 11.5 Å². The zero-order valence-corrected chi connectivity index (χ0v) is 14.3. The highest BCUT2D eigenvalue weighted by molar-refractivity contribution is 5.69. The molecule has 0 unspecified atom stereocenters. The Morgan fingerprint density at radius 3 is 2.46 bits per heavy atom. The van der Waals surface area contributed by atoms with Gasteiger partial charge >= 0.3 is 5.97 Å². The van der Waals surface area contributed by atoms with Crippen molar-refractivity contribution in [2.75, 3.05) is 20.3 Å². The van der Waals surface area contributed by atoms with Gasteiger partial charge in [0.2, 0.25) is 0 Å². The normalized spacial score (nSPS) is 10.2. The van der Waals surface area contributed by atoms with E-state index >= 15 is 0 Å². The molecule has 0 amide bonds. The molecule has 0 aliphatic heterocycles. The topological polar surface area (TPSA) is 44.8 Å². The number of carbonyl (C=O) groups is 1. The van der Waals surface area contributed by atoms with Crippen LogP contribution in [-0.2, 0) is 22.4 Å². The van der Waals surface area contributed by atoms with Crippen LogP contribution in [0.15, 0.2) is 48.5 Å². The Balaban J connectivity index is 1.94. The molecular weight excluding hydrogens is 304 g/mol. The Morgan fingerprint density at radius 2 is 1.75 bits per heavy atom. The van der Waals surface area contributed by atoms with Gasteiger partial charge in [-0.25, -0.2) is 0 Å². The van der Waals surface area contributed by atoms with Gasteiger partial charge in [0, 0.05) is 12.8 Å². The molecule has 0 saturated carbocycles. The van der Waals surface area contributed by atoms with Crippen LogP contribution in [0.3, 0.4) is 0 Å². The van der Waals surface area contributed by atoms with Crippen molar-refractivity contribution in [3.63, 3.8) is 0 Å². The van der Waals surface area contributed by atoms with Gasteiger partial charge in [-0.05, 0) is 36.6 Å². The molecule has 4 heteroatoms. The first-order valence-electron chi connectivity index (χ1n) is 8.22. The summed E-state index contributed by atoms with van der Waals surface area (Å²) in [4.78, 5) is 11.5. The predicted octanol–water partition coefficient (Wildman–Crippen LogP) is 3.81. The minimum absolute atomic E-state index is 0.181. The van der Waals surface area contributed by atoms with Crippen LogP contribution in [0.4, 0.5) is 0 Å². The van der Waals surface area contributed by atoms with E-state index in [1.165, 1.54) is 5.56 Å². The molecule has 0 atom stereocenters. The van der Waals surface area contributed by atoms with Gasteiger partial charge in [0.1, 0.15) is 0 Å². The molecular formula is C20H24O4. The molecule has 0 N–H and O–H groups in total. The lowest BCUT2D eigenvalue weighted by molar-refractivity contribution is -0.143. The molecule has 4 nitrogen and oxygen atoms in total. The number of carbonyl (C=O) groups excluding carboxylic acids is 1. The maximum absolute atomic E-state index is 11.5. The third-order valence-corrected chi connectivity index (χ3v) is 3.64. The lowest BCUT2D eigenvalue weighted by atomic mass is 10.1. The number of esters is 1. The minimum Gasteiger partial charge on any atom is -0.493 e. The van der Waals surface area contributed by atoms with Crippen molar-refractivity contribution in [1.82, 2.24) is 0 Å². The highest BCUT2D eigenvalue weighted by atomic mass is 16.5. The van der Waals surface area contributed by atoms with Gasteiger partial charge in [-0.3, -0.25) is 4.79 Å². The van der Waals surface area contributed by atoms with Crippen molar-refractivity contribution in [2.45, 2.75) is 26.2 Å². The van der Waals surface area contributed by atoms with Gasteiger partial charge in [-0.2, -0.15) is 0 Å². The van der Waals surface area contributed by atoms with Gasteiger partial charge in [-0.15, -0.1) is 0 Å². The molecule has 0 saturated heterocycles. The number of ether oxygens (including phenoxy) is 3. The summed E-state index contributed by atoms with van der Waals surface area (Å²) in [6.45, 7) is 2.79. The smallest absolute Gasteiger partial charge is 0.306 e. The first-order chi connectivity index (χ1) is 11.7. The molecule has 128 valence electrons. The van der Waals surface area contributed by atoms with E-state index < -0.39 is 0 Å². The van der Waals surface area contributed by atoms with E-state index in [4.69, 9.17) is 14.2 Å². The van der Waals surface area contributed by atoms with Crippen LogP contribution in [0.2, 0.25) is 0 Å². The monoisotopic (exact) mass is 328 g/mol. The van der Waals surface area contributed by atoms with Crippen molar-refractivity contribution >= 4 is 5.97 Å². The van der Waals surface area contributed by atoms with Crippen LogP contribution >= 0.6 is 0 Å². The number of hydrogen-bond donors (Lipinski definition) is 0. The van der Waals surface area contributed by atoms with E-state index in [0.29, 0.717) is 37.6 Å². The average Bonchev–Trinajstić information content (AvgIpc) is 2.61. The first kappa shape index (κ1) is 17.9. The number of hydrogen-bond acceptors (Lipinski definition) is 4. The highest BCUT2D eigenvalue weighted by Gasteiger charge is 2.08. The third-order valence-electron chi connectivity index (χ3n) is 3.64. The summed E-state index contributed by atoms with van der Waals surface area (Å²) in [6, 6.07) is 16.0. The summed E-state index contributed by atoms with van der Waals surface area (Å²) >= 11 is 0. The maximum atomic E-state index is 11.5. The van der Waals surface area contributed by atoms with Gasteiger partial charge in [0.15, 0.2) is 11.5 Å². The van der Waals surface area contributed by atoms with Gasteiger partial charge in [0.25, 0.3) is 0 Å². The van der Waals surface area contributed by atoms with Crippen LogP contribution < -0.4 is 9.47 Å². The summed E-state index contributed by atoms with van der Waals surface area (Å²) in [7, 11) is 1.62. The lowest BCUT2D eigenvalue weighted by Crippen LogP contribution is -2.06. The van der Waals surface area contributed by atoms with Crippen LogP contribution in [0.1, 0.15) is 24.5 Å². The standard InChI is InChI=1S/C20H24O4/c1-3-23-20(21)12-10-17-9-11-18(22-2)19(15-17)24-14-13-16-7-5-4-6-8-16/h4-9,11,15H,3,10,12-14H2,1-2H3. The minimum atomic E-state index is -0.181. The van der Waals surface area contributed by atoms with Crippen molar-refractivity contribution in [1.29, 1.82) is 0 Å². The third kappa shape index (κ3) is 5.61. The lowest BCUT2D eigenvalue weighted by Gasteiger charge is -2.12. The summed E-state index contributed by atoms with van der Waals surface area (Å²) in [6.07, 6.45) is 1.82. The Labute approximate surface area is 143 Å². The second-order valence-corrected chi connectivity index (χ2v) is 5.37. The van der Waals surface area contributed by atoms with Crippen molar-refractivity contribution < 1.29 is 19.0 Å². The van der Waals surface area contributed by atoms with E-state index in [0.717, 1.165) is 12.0 Å². The van der Waals surface area contributed by atoms with Gasteiger partial charge < -0.3 is 14.2 Å². The van der Waals surface area contributed by atoms with Gasteiger partial charge in [0.05, 0.1) is 20.3 Å². The van der Waals surface area contributed by atoms with E-state index in [1.54, 1.807) is 7.11 Å². The zero-order chi connectivity index (χ0) is 17.2. The van der Waals surface area contributed by atoms with Crippen molar-refractivity contribution in [3.05, 3.63) is 59.7 Å². The van der Waals surface area contributed by atoms with Crippen LogP contribution in [0.25, 0.3) is 0 Å². The number of rotatable bonds is 9. The molecule has 0 heterocycles. The average molecular weight is 328 g/mol. The Morgan fingerprint density at radius 1 is 0.958 bits per heavy atom. The SMILES string of the molecule is CCOC(=O)CCc1ccc(OC)c(OCCc2ccccc2)c1. The summed E-state index contributed by atoms with van der Waals surface area (Å²) in [5.74, 6) is 1.22. The quantitative estimate of drug-likeness (QED) is 0.657. The zero-order valence-electron chi connectivity index (χ0n) is 14.3. The van der Waals surface area contributed by atoms with E-state index in [2.05, 4.69) is 12.1 Å². The maximum Gasteiger partial charge on any atom is 0.306 e. The van der Waals surface area contributed by atoms with E-state index in [-0.39, 0.29) is 5.97 Å². The second kappa shape index (κ2) is 9.60. The predicted molar refractivity (Wildman–Crippen MR) is 93.6 cm³/mol. The fourth-order valence-electron chi connectivity index (χ4n) is 2.39. The largest absolute Gasteiger partial charge is 0.493 e. The van der Waals surface area contributed by atoms with E-state index in [9.17, 15) is 4.79 Å². The highest BCUT2D eigenvalue weighted by Crippen LogP contribution is 2.28. The van der Waals surface area contributed by atoms with Crippen LogP contribution in [-0.4, -0.2) is 26.3 Å². The number of methoxy groups -OCH3 is 1. The Kier molecular flexibility index (Phi) is 7.15. The molecule has 2 aromatic rings. The molecule has 0 fully saturated rings. The Hall–Kier alpha value is -2.49. The fraction of sp³-hybridized carbons (Fsp3) is 0.350. The Bertz CT molecular complexity index is 637. The number of benzene rings is 2. The molecule has 0 bridgehead atoms. The molecule has 0 aliphatic carbocycles. The molecule has 2 aromatic carbocycles. The summed E-state index contributed by atoms with van der Waals surface area (Å²) in [5.41, 5.74) is 2.26. The molecule has 0 radical (unpaired) electrons. The van der Waals surface area contributed by atoms with Crippen molar-refractivity contribution in [2.24, 2.45) is 0 Å². The molecule has 24 heavy (non-hydrogen) atoms. The molecule has 0 aliphatic rings. The van der Waals surface area contributed by atoms with Gasteiger partial charge in [-0.1, -0.05) is 36.4 Å². The fourth-order valence-corrected chi connectivity index (χ4v) is 2.39.